The molecular formula is C7H16O2. The molecule has 0 aromatic rings. The van der Waals surface area contributed by atoms with Crippen LogP contribution in [-0.4, -0.2) is 22.9 Å². The summed E-state index contributed by atoms with van der Waals surface area (Å²) in [5.41, 5.74) is 0. The predicted octanol–water partition coefficient (Wildman–Crippen LogP) is 0.776. The highest BCUT2D eigenvalue weighted by molar-refractivity contribution is 4.61. The van der Waals surface area contributed by atoms with Crippen LogP contribution in [0.3, 0.4) is 0 Å². The van der Waals surface area contributed by atoms with Gasteiger partial charge >= 0.3 is 0 Å². The van der Waals surface area contributed by atoms with Crippen molar-refractivity contribution < 1.29 is 10.2 Å². The molecule has 0 heterocycles. The summed E-state index contributed by atoms with van der Waals surface area (Å²) in [6.45, 7) is 4.07. The minimum absolute atomic E-state index is 0.179. The van der Waals surface area contributed by atoms with E-state index in [1.807, 2.05) is 13.8 Å². The lowest BCUT2D eigenvalue weighted by Gasteiger charge is -2.14. The maximum atomic E-state index is 9.15. The Kier molecular flexibility index (Phi) is 4.72. The average molecular weight is 132 g/mol. The molecule has 0 aromatic heterocycles. The van der Waals surface area contributed by atoms with Crippen molar-refractivity contribution in [3.8, 4) is 0 Å². The summed E-state index contributed by atoms with van der Waals surface area (Å²) in [5, 5.41) is 17.6. The fourth-order valence-corrected chi connectivity index (χ4v) is 0.798. The molecule has 0 amide bonds. The first kappa shape index (κ1) is 8.92. The third-order valence-corrected chi connectivity index (χ3v) is 1.66. The van der Waals surface area contributed by atoms with Gasteiger partial charge in [-0.2, -0.15) is 0 Å². The Labute approximate surface area is 56.5 Å². The molecule has 0 radical (unpaired) electrons. The Morgan fingerprint density at radius 1 is 1.44 bits per heavy atom. The van der Waals surface area contributed by atoms with Crippen molar-refractivity contribution in [2.75, 3.05) is 6.61 Å². The highest BCUT2D eigenvalue weighted by Gasteiger charge is 2.09. The van der Waals surface area contributed by atoms with Gasteiger partial charge in [-0.1, -0.05) is 13.8 Å². The lowest BCUT2D eigenvalue weighted by Crippen LogP contribution is -2.17. The lowest BCUT2D eigenvalue weighted by molar-refractivity contribution is 0.0953. The van der Waals surface area contributed by atoms with Gasteiger partial charge in [0.1, 0.15) is 0 Å². The van der Waals surface area contributed by atoms with Crippen LogP contribution in [0.1, 0.15) is 26.7 Å². The third kappa shape index (κ3) is 3.49. The smallest absolute Gasteiger partial charge is 0.0564 e. The topological polar surface area (TPSA) is 40.5 Å². The zero-order chi connectivity index (χ0) is 7.28. The van der Waals surface area contributed by atoms with E-state index in [9.17, 15) is 0 Å². The van der Waals surface area contributed by atoms with Crippen LogP contribution in [0.5, 0.6) is 0 Å². The average Bonchev–Trinajstić information content (AvgIpc) is 1.87. The molecule has 2 atom stereocenters. The monoisotopic (exact) mass is 132 g/mol. The lowest BCUT2D eigenvalue weighted by atomic mass is 10.00. The van der Waals surface area contributed by atoms with Crippen molar-refractivity contribution >= 4 is 0 Å². The number of hydrogen-bond acceptors (Lipinski definition) is 2. The molecule has 0 saturated carbocycles. The normalized spacial score (nSPS) is 17.3. The highest BCUT2D eigenvalue weighted by Crippen LogP contribution is 2.09. The Morgan fingerprint density at radius 2 is 2.00 bits per heavy atom. The Hall–Kier alpha value is -0.0800. The maximum Gasteiger partial charge on any atom is 0.0564 e. The van der Waals surface area contributed by atoms with Crippen LogP contribution in [0.2, 0.25) is 0 Å². The van der Waals surface area contributed by atoms with Gasteiger partial charge in [0.05, 0.1) is 6.10 Å². The van der Waals surface area contributed by atoms with Crippen LogP contribution >= 0.6 is 0 Å². The van der Waals surface area contributed by atoms with E-state index in [-0.39, 0.29) is 18.6 Å². The van der Waals surface area contributed by atoms with Crippen molar-refractivity contribution in [3.05, 3.63) is 0 Å². The highest BCUT2D eigenvalue weighted by atomic mass is 16.3. The number of aliphatic hydroxyl groups excluding tert-OH is 2. The molecule has 0 rings (SSSR count). The summed E-state index contributed by atoms with van der Waals surface area (Å²) in [5.74, 6) is 0.236. The van der Waals surface area contributed by atoms with E-state index in [2.05, 4.69) is 0 Å². The molecule has 0 aliphatic carbocycles. The van der Waals surface area contributed by atoms with E-state index in [0.29, 0.717) is 6.42 Å². The van der Waals surface area contributed by atoms with Crippen molar-refractivity contribution in [3.63, 3.8) is 0 Å². The van der Waals surface area contributed by atoms with Gasteiger partial charge in [-0.3, -0.25) is 0 Å². The second kappa shape index (κ2) is 4.77. The quantitative estimate of drug-likeness (QED) is 0.593. The molecule has 0 unspecified atom stereocenters. The Bertz CT molecular complexity index is 63.9. The molecule has 56 valence electrons. The first-order valence-corrected chi connectivity index (χ1v) is 3.51. The summed E-state index contributed by atoms with van der Waals surface area (Å²) < 4.78 is 0. The van der Waals surface area contributed by atoms with Crippen LogP contribution in [-0.2, 0) is 0 Å². The van der Waals surface area contributed by atoms with Gasteiger partial charge in [-0.05, 0) is 18.8 Å². The van der Waals surface area contributed by atoms with Gasteiger partial charge in [-0.15, -0.1) is 0 Å². The standard InChI is InChI=1S/C7H16O2/c1-3-7(9)6(2)4-5-8/h6-9H,3-5H2,1-2H3/t6-,7-/m0/s1. The van der Waals surface area contributed by atoms with E-state index in [1.165, 1.54) is 0 Å². The molecule has 2 nitrogen and oxygen atoms in total. The predicted molar refractivity (Wildman–Crippen MR) is 37.2 cm³/mol. The second-order valence-electron chi connectivity index (χ2n) is 2.47. The van der Waals surface area contributed by atoms with Crippen LogP contribution < -0.4 is 0 Å². The van der Waals surface area contributed by atoms with Gasteiger partial charge in [-0.25, -0.2) is 0 Å². The minimum Gasteiger partial charge on any atom is -0.396 e. The van der Waals surface area contributed by atoms with Gasteiger partial charge in [0.25, 0.3) is 0 Å². The zero-order valence-corrected chi connectivity index (χ0v) is 6.17. The van der Waals surface area contributed by atoms with E-state index in [0.717, 1.165) is 6.42 Å². The molecule has 0 aliphatic heterocycles. The van der Waals surface area contributed by atoms with Crippen molar-refractivity contribution in [2.24, 2.45) is 5.92 Å². The minimum atomic E-state index is -0.239. The molecule has 0 aromatic carbocycles. The van der Waals surface area contributed by atoms with Crippen molar-refractivity contribution in [2.45, 2.75) is 32.8 Å². The summed E-state index contributed by atoms with van der Waals surface area (Å²) in [6, 6.07) is 0. The first-order valence-electron chi connectivity index (χ1n) is 3.51. The van der Waals surface area contributed by atoms with Crippen molar-refractivity contribution in [1.82, 2.24) is 0 Å². The van der Waals surface area contributed by atoms with Crippen LogP contribution in [0, 0.1) is 5.92 Å². The summed E-state index contributed by atoms with van der Waals surface area (Å²) >= 11 is 0. The molecule has 0 aliphatic rings. The van der Waals surface area contributed by atoms with Crippen LogP contribution in [0.15, 0.2) is 0 Å². The molecule has 0 bridgehead atoms. The number of aliphatic hydroxyl groups is 2. The summed E-state index contributed by atoms with van der Waals surface area (Å²) in [6.07, 6.45) is 1.24. The molecular weight excluding hydrogens is 116 g/mol. The third-order valence-electron chi connectivity index (χ3n) is 1.66. The van der Waals surface area contributed by atoms with Crippen LogP contribution in [0.25, 0.3) is 0 Å². The fourth-order valence-electron chi connectivity index (χ4n) is 0.798. The van der Waals surface area contributed by atoms with Gasteiger partial charge in [0, 0.05) is 6.61 Å². The van der Waals surface area contributed by atoms with E-state index >= 15 is 0 Å². The SMILES string of the molecule is CC[C@H](O)[C@@H](C)CCO. The molecule has 2 heteroatoms. The summed E-state index contributed by atoms with van der Waals surface area (Å²) in [4.78, 5) is 0. The van der Waals surface area contributed by atoms with Crippen molar-refractivity contribution in [1.29, 1.82) is 0 Å². The Balaban J connectivity index is 3.32. The zero-order valence-electron chi connectivity index (χ0n) is 6.17. The van der Waals surface area contributed by atoms with Crippen LogP contribution in [0.4, 0.5) is 0 Å². The van der Waals surface area contributed by atoms with E-state index < -0.39 is 0 Å². The maximum absolute atomic E-state index is 9.15. The van der Waals surface area contributed by atoms with Gasteiger partial charge in [0.2, 0.25) is 0 Å². The molecule has 9 heavy (non-hydrogen) atoms. The summed E-state index contributed by atoms with van der Waals surface area (Å²) in [7, 11) is 0. The van der Waals surface area contributed by atoms with E-state index in [1.54, 1.807) is 0 Å². The van der Waals surface area contributed by atoms with Gasteiger partial charge in [0.15, 0.2) is 0 Å². The number of hydrogen-bond donors (Lipinski definition) is 2. The molecule has 0 spiro atoms. The first-order chi connectivity index (χ1) is 4.22. The molecule has 0 fully saturated rings. The second-order valence-corrected chi connectivity index (χ2v) is 2.47. The number of rotatable bonds is 4. The fraction of sp³-hybridized carbons (Fsp3) is 1.00. The molecule has 2 N–H and O–H groups in total. The Morgan fingerprint density at radius 3 is 2.33 bits per heavy atom. The largest absolute Gasteiger partial charge is 0.396 e. The molecule has 0 saturated heterocycles. The van der Waals surface area contributed by atoms with E-state index in [4.69, 9.17) is 10.2 Å². The van der Waals surface area contributed by atoms with Gasteiger partial charge < -0.3 is 10.2 Å².